The lowest BCUT2D eigenvalue weighted by Gasteiger charge is -2.27. The molecule has 1 saturated heterocycles. The molecule has 1 aliphatic heterocycles. The van der Waals surface area contributed by atoms with E-state index in [4.69, 9.17) is 0 Å². The lowest BCUT2D eigenvalue weighted by molar-refractivity contribution is 0.0696. The van der Waals surface area contributed by atoms with Gasteiger partial charge in [-0.05, 0) is 25.9 Å². The van der Waals surface area contributed by atoms with Gasteiger partial charge in [-0.2, -0.15) is 0 Å². The van der Waals surface area contributed by atoms with E-state index in [0.717, 1.165) is 32.5 Å². The van der Waals surface area contributed by atoms with Crippen molar-refractivity contribution in [2.24, 2.45) is 0 Å². The van der Waals surface area contributed by atoms with E-state index in [-0.39, 0.29) is 6.54 Å². The van der Waals surface area contributed by atoms with Crippen molar-refractivity contribution in [1.29, 1.82) is 0 Å². The van der Waals surface area contributed by atoms with E-state index in [1.165, 1.54) is 0 Å². The zero-order valence-electron chi connectivity index (χ0n) is 8.10. The molecule has 0 amide bonds. The Hall–Kier alpha value is -0.220. The van der Waals surface area contributed by atoms with Gasteiger partial charge < -0.3 is 5.32 Å². The number of halogens is 2. The Morgan fingerprint density at radius 3 is 2.77 bits per heavy atom. The molecular weight excluding hydrogens is 174 g/mol. The third-order valence-electron chi connectivity index (χ3n) is 2.43. The Kier molecular flexibility index (Phi) is 4.59. The Balaban J connectivity index is 2.35. The summed E-state index contributed by atoms with van der Waals surface area (Å²) in [4.78, 5) is 1.91. The summed E-state index contributed by atoms with van der Waals surface area (Å²) in [7, 11) is 0. The molecule has 1 rings (SSSR count). The Labute approximate surface area is 78.3 Å². The fourth-order valence-electron chi connectivity index (χ4n) is 1.84. The maximum atomic E-state index is 12.2. The standard InChI is InChI=1S/C9H18F2N2/c1-2-5-13(7-9(10)11)8-3-4-12-6-8/h8-9,12H,2-7H2,1H3. The first kappa shape index (κ1) is 10.9. The van der Waals surface area contributed by atoms with E-state index in [1.807, 2.05) is 11.8 Å². The van der Waals surface area contributed by atoms with Crippen molar-refractivity contribution in [3.63, 3.8) is 0 Å². The maximum Gasteiger partial charge on any atom is 0.251 e. The molecule has 0 bridgehead atoms. The first-order chi connectivity index (χ1) is 6.24. The number of nitrogens with zero attached hydrogens (tertiary/aromatic N) is 1. The predicted molar refractivity (Wildman–Crippen MR) is 49.1 cm³/mol. The van der Waals surface area contributed by atoms with Crippen LogP contribution in [0.2, 0.25) is 0 Å². The summed E-state index contributed by atoms with van der Waals surface area (Å²) in [5, 5.41) is 3.20. The molecule has 4 heteroatoms. The highest BCUT2D eigenvalue weighted by Gasteiger charge is 2.23. The molecule has 1 heterocycles. The lowest BCUT2D eigenvalue weighted by Crippen LogP contribution is -2.40. The molecule has 0 spiro atoms. The van der Waals surface area contributed by atoms with Crippen LogP contribution in [0.3, 0.4) is 0 Å². The highest BCUT2D eigenvalue weighted by atomic mass is 19.3. The summed E-state index contributed by atoms with van der Waals surface area (Å²) in [5.74, 6) is 0. The molecule has 1 fully saturated rings. The average molecular weight is 192 g/mol. The molecule has 0 aliphatic carbocycles. The predicted octanol–water partition coefficient (Wildman–Crippen LogP) is 1.33. The highest BCUT2D eigenvalue weighted by Crippen LogP contribution is 2.11. The van der Waals surface area contributed by atoms with Gasteiger partial charge in [0.05, 0.1) is 6.54 Å². The van der Waals surface area contributed by atoms with Gasteiger partial charge in [0.2, 0.25) is 0 Å². The van der Waals surface area contributed by atoms with Crippen LogP contribution in [0, 0.1) is 0 Å². The monoisotopic (exact) mass is 192 g/mol. The summed E-state index contributed by atoms with van der Waals surface area (Å²) in [6.07, 6.45) is -0.247. The Bertz CT molecular complexity index is 136. The van der Waals surface area contributed by atoms with Crippen molar-refractivity contribution in [3.8, 4) is 0 Å². The lowest BCUT2D eigenvalue weighted by atomic mass is 10.2. The average Bonchev–Trinajstić information content (AvgIpc) is 2.54. The van der Waals surface area contributed by atoms with E-state index in [0.29, 0.717) is 6.04 Å². The summed E-state index contributed by atoms with van der Waals surface area (Å²) < 4.78 is 24.4. The zero-order valence-corrected chi connectivity index (χ0v) is 8.10. The van der Waals surface area contributed by atoms with Crippen LogP contribution >= 0.6 is 0 Å². The number of hydrogen-bond acceptors (Lipinski definition) is 2. The largest absolute Gasteiger partial charge is 0.315 e. The van der Waals surface area contributed by atoms with Gasteiger partial charge in [-0.25, -0.2) is 8.78 Å². The molecule has 0 aromatic rings. The second-order valence-electron chi connectivity index (χ2n) is 3.53. The van der Waals surface area contributed by atoms with Crippen molar-refractivity contribution in [2.45, 2.75) is 32.2 Å². The minimum absolute atomic E-state index is 0.0693. The third-order valence-corrected chi connectivity index (χ3v) is 2.43. The van der Waals surface area contributed by atoms with Crippen molar-refractivity contribution >= 4 is 0 Å². The molecule has 1 N–H and O–H groups in total. The second kappa shape index (κ2) is 5.50. The topological polar surface area (TPSA) is 15.3 Å². The Morgan fingerprint density at radius 2 is 2.31 bits per heavy atom. The fourth-order valence-corrected chi connectivity index (χ4v) is 1.84. The van der Waals surface area contributed by atoms with Gasteiger partial charge in [0.25, 0.3) is 6.43 Å². The van der Waals surface area contributed by atoms with Gasteiger partial charge >= 0.3 is 0 Å². The summed E-state index contributed by atoms with van der Waals surface area (Å²) in [6.45, 7) is 4.58. The summed E-state index contributed by atoms with van der Waals surface area (Å²) in [5.41, 5.74) is 0. The number of hydrogen-bond donors (Lipinski definition) is 1. The third kappa shape index (κ3) is 3.56. The van der Waals surface area contributed by atoms with E-state index < -0.39 is 6.43 Å². The Morgan fingerprint density at radius 1 is 1.54 bits per heavy atom. The summed E-state index contributed by atoms with van der Waals surface area (Å²) in [6, 6.07) is 0.328. The summed E-state index contributed by atoms with van der Waals surface area (Å²) >= 11 is 0. The molecule has 1 atom stereocenters. The van der Waals surface area contributed by atoms with Crippen LogP contribution in [0.4, 0.5) is 8.78 Å². The van der Waals surface area contributed by atoms with Crippen LogP contribution in [-0.4, -0.2) is 43.5 Å². The van der Waals surface area contributed by atoms with Crippen molar-refractivity contribution in [1.82, 2.24) is 10.2 Å². The van der Waals surface area contributed by atoms with Gasteiger partial charge in [0.15, 0.2) is 0 Å². The van der Waals surface area contributed by atoms with Crippen LogP contribution in [0.1, 0.15) is 19.8 Å². The van der Waals surface area contributed by atoms with Crippen LogP contribution in [0.5, 0.6) is 0 Å². The number of nitrogens with one attached hydrogen (secondary N) is 1. The first-order valence-electron chi connectivity index (χ1n) is 4.97. The first-order valence-corrected chi connectivity index (χ1v) is 4.97. The zero-order chi connectivity index (χ0) is 9.68. The van der Waals surface area contributed by atoms with Crippen LogP contribution in [-0.2, 0) is 0 Å². The normalized spacial score (nSPS) is 23.3. The smallest absolute Gasteiger partial charge is 0.251 e. The second-order valence-corrected chi connectivity index (χ2v) is 3.53. The SMILES string of the molecule is CCCN(CC(F)F)C1CCNC1. The van der Waals surface area contributed by atoms with Gasteiger partial charge in [0, 0.05) is 12.6 Å². The molecule has 0 saturated carbocycles. The van der Waals surface area contributed by atoms with Crippen molar-refractivity contribution in [2.75, 3.05) is 26.2 Å². The number of rotatable bonds is 5. The maximum absolute atomic E-state index is 12.2. The van der Waals surface area contributed by atoms with Gasteiger partial charge in [-0.3, -0.25) is 4.90 Å². The molecule has 0 aromatic carbocycles. The van der Waals surface area contributed by atoms with Crippen molar-refractivity contribution < 1.29 is 8.78 Å². The molecule has 13 heavy (non-hydrogen) atoms. The molecule has 0 radical (unpaired) electrons. The van der Waals surface area contributed by atoms with Crippen LogP contribution in [0.15, 0.2) is 0 Å². The van der Waals surface area contributed by atoms with Gasteiger partial charge in [-0.15, -0.1) is 0 Å². The van der Waals surface area contributed by atoms with Crippen molar-refractivity contribution in [3.05, 3.63) is 0 Å². The van der Waals surface area contributed by atoms with Crippen LogP contribution in [0.25, 0.3) is 0 Å². The van der Waals surface area contributed by atoms with Gasteiger partial charge in [0.1, 0.15) is 0 Å². The van der Waals surface area contributed by atoms with E-state index >= 15 is 0 Å². The quantitative estimate of drug-likeness (QED) is 0.707. The molecule has 0 aromatic heterocycles. The molecule has 2 nitrogen and oxygen atoms in total. The molecule has 1 aliphatic rings. The fraction of sp³-hybridized carbons (Fsp3) is 1.00. The molecule has 1 unspecified atom stereocenters. The van der Waals surface area contributed by atoms with E-state index in [9.17, 15) is 8.78 Å². The van der Waals surface area contributed by atoms with Gasteiger partial charge in [-0.1, -0.05) is 6.92 Å². The molecular formula is C9H18F2N2. The highest BCUT2D eigenvalue weighted by molar-refractivity contribution is 4.80. The van der Waals surface area contributed by atoms with Crippen LogP contribution < -0.4 is 5.32 Å². The molecule has 78 valence electrons. The van der Waals surface area contributed by atoms with E-state index in [2.05, 4.69) is 5.32 Å². The minimum Gasteiger partial charge on any atom is -0.315 e. The van der Waals surface area contributed by atoms with E-state index in [1.54, 1.807) is 0 Å². The number of alkyl halides is 2. The minimum atomic E-state index is -2.20.